The zero-order valence-corrected chi connectivity index (χ0v) is 19.0. The fraction of sp³-hybridized carbons (Fsp3) is 0.143. The van der Waals surface area contributed by atoms with Gasteiger partial charge in [0, 0.05) is 24.3 Å². The van der Waals surface area contributed by atoms with Crippen LogP contribution in [0.15, 0.2) is 49.1 Å². The Morgan fingerprint density at radius 2 is 1.09 bits per heavy atom. The molecule has 3 rings (SSSR count). The van der Waals surface area contributed by atoms with Crippen LogP contribution in [0, 0.1) is 35.8 Å². The van der Waals surface area contributed by atoms with Crippen molar-refractivity contribution in [3.8, 4) is 12.1 Å². The highest BCUT2D eigenvalue weighted by Gasteiger charge is 2.22. The lowest BCUT2D eigenvalue weighted by molar-refractivity contribution is -0.693. The Hall–Kier alpha value is -5.04. The molecule has 2 aromatic heterocycles. The van der Waals surface area contributed by atoms with E-state index in [-0.39, 0.29) is 33.6 Å². The molecule has 0 saturated heterocycles. The Labute approximate surface area is 199 Å². The largest absolute Gasteiger partial charge is 0.237 e. The van der Waals surface area contributed by atoms with Crippen molar-refractivity contribution in [2.75, 3.05) is 0 Å². The lowest BCUT2D eigenvalue weighted by Gasteiger charge is -2.11. The molecule has 0 bridgehead atoms. The second-order valence-corrected chi connectivity index (χ2v) is 7.31. The van der Waals surface area contributed by atoms with Gasteiger partial charge in [-0.25, -0.2) is 18.8 Å². The van der Waals surface area contributed by atoms with E-state index in [0.717, 1.165) is 24.2 Å². The van der Waals surface area contributed by atoms with E-state index in [4.69, 9.17) is 13.1 Å². The second kappa shape index (κ2) is 11.0. The minimum atomic E-state index is 0.0693. The topological polar surface area (TPSA) is 64.1 Å². The highest BCUT2D eigenvalue weighted by Crippen LogP contribution is 2.41. The van der Waals surface area contributed by atoms with E-state index in [9.17, 15) is 10.5 Å². The van der Waals surface area contributed by atoms with E-state index < -0.39 is 0 Å². The third kappa shape index (κ3) is 4.89. The minimum Gasteiger partial charge on any atom is -0.237 e. The average Bonchev–Trinajstić information content (AvgIpc) is 2.90. The third-order valence-corrected chi connectivity index (χ3v) is 5.42. The molecule has 0 unspecified atom stereocenters. The Morgan fingerprint density at radius 1 is 0.706 bits per heavy atom. The van der Waals surface area contributed by atoms with Crippen LogP contribution in [0.5, 0.6) is 0 Å². The van der Waals surface area contributed by atoms with Gasteiger partial charge in [0.25, 0.3) is 0 Å². The van der Waals surface area contributed by atoms with Crippen LogP contribution in [0.25, 0.3) is 34.0 Å². The summed E-state index contributed by atoms with van der Waals surface area (Å²) in [6, 6.07) is 11.9. The first-order valence-corrected chi connectivity index (χ1v) is 10.7. The van der Waals surface area contributed by atoms with Crippen molar-refractivity contribution in [1.29, 1.82) is 10.5 Å². The van der Waals surface area contributed by atoms with Crippen LogP contribution < -0.4 is 9.13 Å². The number of hydrogen-bond acceptors (Lipinski definition) is 2. The lowest BCUT2D eigenvalue weighted by Crippen LogP contribution is -2.30. The van der Waals surface area contributed by atoms with Gasteiger partial charge in [-0.2, -0.15) is 10.5 Å². The smallest absolute Gasteiger partial charge is 0.202 e. The average molecular weight is 443 g/mol. The van der Waals surface area contributed by atoms with Crippen LogP contribution in [-0.4, -0.2) is 0 Å². The maximum absolute atomic E-state index is 9.90. The lowest BCUT2D eigenvalue weighted by atomic mass is 9.92. The van der Waals surface area contributed by atoms with Gasteiger partial charge < -0.3 is 0 Å². The molecule has 0 aliphatic heterocycles. The predicted octanol–water partition coefficient (Wildman–Crippen LogP) is 5.49. The number of rotatable bonds is 6. The highest BCUT2D eigenvalue weighted by molar-refractivity contribution is 5.95. The maximum Gasteiger partial charge on any atom is 0.202 e. The van der Waals surface area contributed by atoms with Crippen LogP contribution in [0.2, 0.25) is 0 Å². The Balaban J connectivity index is 2.17. The summed E-state index contributed by atoms with van der Waals surface area (Å²) >= 11 is 0. The van der Waals surface area contributed by atoms with Gasteiger partial charge in [-0.05, 0) is 36.1 Å². The molecule has 0 amide bonds. The summed E-state index contributed by atoms with van der Waals surface area (Å²) in [5, 5.41) is 19.8. The molecule has 0 aliphatic rings. The molecule has 0 aliphatic carbocycles. The molecule has 3 aromatic rings. The molecule has 34 heavy (non-hydrogen) atoms. The molecule has 0 radical (unpaired) electrons. The van der Waals surface area contributed by atoms with Crippen molar-refractivity contribution in [3.63, 3.8) is 0 Å². The monoisotopic (exact) mass is 442 g/mol. The minimum absolute atomic E-state index is 0.0693. The summed E-state index contributed by atoms with van der Waals surface area (Å²) < 4.78 is 4.03. The summed E-state index contributed by atoms with van der Waals surface area (Å²) in [4.78, 5) is 7.17. The molecule has 0 saturated carbocycles. The second-order valence-electron chi connectivity index (χ2n) is 7.31. The molecular formula is C28H22N6+2. The zero-order chi connectivity index (χ0) is 24.5. The summed E-state index contributed by atoms with van der Waals surface area (Å²) in [6.45, 7) is 21.2. The molecule has 0 fully saturated rings. The summed E-state index contributed by atoms with van der Waals surface area (Å²) in [7, 11) is 0. The third-order valence-electron chi connectivity index (χ3n) is 5.42. The molecule has 6 heteroatoms. The Bertz CT molecular complexity index is 1270. The SMILES string of the molecule is [C-]#[N+]c1c(C#N)c(/C=C/c2cc[n+](CC)cc2)c(C#N)c([N+]#[C-])c1/C=C/c1cc[n+](CC)cc1. The van der Waals surface area contributed by atoms with Crippen molar-refractivity contribution < 1.29 is 9.13 Å². The number of aryl methyl sites for hydroxylation is 2. The first kappa shape index (κ1) is 23.6. The van der Waals surface area contributed by atoms with E-state index in [1.165, 1.54) is 0 Å². The standard InChI is InChI=1S/C28H22N6/c1-5-33-15-11-21(12-16-33)7-9-23-25(19-29)27(31-3)24(28(32-4)26(23)20-30)10-8-22-13-17-34(6-2)18-14-22/h7-18H,5-6H2,1-2H3/q+2/b9-7+,10-8+. The number of aromatic nitrogens is 2. The normalized spacial score (nSPS) is 10.5. The quantitative estimate of drug-likeness (QED) is 0.374. The van der Waals surface area contributed by atoms with Crippen LogP contribution in [0.3, 0.4) is 0 Å². The van der Waals surface area contributed by atoms with E-state index in [0.29, 0.717) is 0 Å². The molecule has 162 valence electrons. The molecule has 0 spiro atoms. The fourth-order valence-corrected chi connectivity index (χ4v) is 3.49. The van der Waals surface area contributed by atoms with Crippen LogP contribution >= 0.6 is 0 Å². The number of pyridine rings is 2. The number of hydrogen-bond donors (Lipinski definition) is 0. The van der Waals surface area contributed by atoms with Gasteiger partial charge >= 0.3 is 0 Å². The first-order valence-electron chi connectivity index (χ1n) is 10.7. The molecule has 2 heterocycles. The van der Waals surface area contributed by atoms with Gasteiger partial charge in [0.15, 0.2) is 24.8 Å². The van der Waals surface area contributed by atoms with Gasteiger partial charge in [0.05, 0.1) is 36.4 Å². The zero-order valence-electron chi connectivity index (χ0n) is 19.0. The van der Waals surface area contributed by atoms with Gasteiger partial charge in [0.2, 0.25) is 11.4 Å². The van der Waals surface area contributed by atoms with Gasteiger partial charge in [-0.1, -0.05) is 24.3 Å². The summed E-state index contributed by atoms with van der Waals surface area (Å²) in [5.41, 5.74) is 2.65. The Kier molecular flexibility index (Phi) is 7.65. The molecular weight excluding hydrogens is 420 g/mol. The van der Waals surface area contributed by atoms with Gasteiger partial charge in [-0.15, -0.1) is 0 Å². The van der Waals surface area contributed by atoms with Crippen molar-refractivity contribution in [3.05, 3.63) is 105 Å². The molecule has 0 N–H and O–H groups in total. The van der Waals surface area contributed by atoms with Crippen molar-refractivity contribution >= 4 is 35.7 Å². The van der Waals surface area contributed by atoms with E-state index in [1.807, 2.05) is 72.0 Å². The van der Waals surface area contributed by atoms with Crippen LogP contribution in [0.4, 0.5) is 11.4 Å². The van der Waals surface area contributed by atoms with Gasteiger partial charge in [0.1, 0.15) is 13.1 Å². The van der Waals surface area contributed by atoms with E-state index in [1.54, 1.807) is 24.3 Å². The summed E-state index contributed by atoms with van der Waals surface area (Å²) in [5.74, 6) is 0. The van der Waals surface area contributed by atoms with Crippen molar-refractivity contribution in [1.82, 2.24) is 0 Å². The van der Waals surface area contributed by atoms with E-state index >= 15 is 0 Å². The fourth-order valence-electron chi connectivity index (χ4n) is 3.49. The molecule has 0 atom stereocenters. The van der Waals surface area contributed by atoms with Crippen molar-refractivity contribution in [2.24, 2.45) is 0 Å². The highest BCUT2D eigenvalue weighted by atomic mass is 14.9. The maximum atomic E-state index is 9.90. The number of benzene rings is 1. The predicted molar refractivity (Wildman–Crippen MR) is 131 cm³/mol. The molecule has 6 nitrogen and oxygen atoms in total. The van der Waals surface area contributed by atoms with Crippen LogP contribution in [0.1, 0.15) is 47.2 Å². The van der Waals surface area contributed by atoms with Gasteiger partial charge in [-0.3, -0.25) is 0 Å². The van der Waals surface area contributed by atoms with Crippen LogP contribution in [-0.2, 0) is 13.1 Å². The number of nitrogens with zero attached hydrogens (tertiary/aromatic N) is 6. The molecule has 1 aromatic carbocycles. The van der Waals surface area contributed by atoms with Crippen molar-refractivity contribution in [2.45, 2.75) is 26.9 Å². The summed E-state index contributed by atoms with van der Waals surface area (Å²) in [6.07, 6.45) is 14.6. The number of nitriles is 2. The first-order chi connectivity index (χ1) is 16.6. The Morgan fingerprint density at radius 3 is 1.41 bits per heavy atom. The van der Waals surface area contributed by atoms with E-state index in [2.05, 4.69) is 21.8 Å².